The number of fused-ring (bicyclic) bond motifs is 1. The van der Waals surface area contributed by atoms with Crippen molar-refractivity contribution >= 4 is 17.5 Å². The van der Waals surface area contributed by atoms with Crippen molar-refractivity contribution < 1.29 is 14.3 Å². The van der Waals surface area contributed by atoms with E-state index in [-0.39, 0.29) is 18.7 Å². The number of para-hydroxylation sites is 1. The van der Waals surface area contributed by atoms with Gasteiger partial charge in [-0.15, -0.1) is 0 Å². The summed E-state index contributed by atoms with van der Waals surface area (Å²) in [5, 5.41) is 3.78. The standard InChI is InChI=1S/C20H21ClN2O3/c21-15-6-3-5-14(11-15)17(23-9-1-2-10-23)12-22-20(24)16-7-4-8-18-19(16)26-13-25-18/h3-8,11,17H,1-2,9-10,12-13H2,(H,22,24). The number of hydrogen-bond acceptors (Lipinski definition) is 4. The zero-order valence-electron chi connectivity index (χ0n) is 14.4. The van der Waals surface area contributed by atoms with Crippen LogP contribution < -0.4 is 14.8 Å². The lowest BCUT2D eigenvalue weighted by molar-refractivity contribution is 0.0933. The van der Waals surface area contributed by atoms with Crippen LogP contribution >= 0.6 is 11.6 Å². The molecule has 1 unspecified atom stereocenters. The molecule has 1 atom stereocenters. The van der Waals surface area contributed by atoms with Gasteiger partial charge in [-0.3, -0.25) is 9.69 Å². The average Bonchev–Trinajstić information content (AvgIpc) is 3.33. The van der Waals surface area contributed by atoms with E-state index in [1.54, 1.807) is 18.2 Å². The second-order valence-electron chi connectivity index (χ2n) is 6.56. The molecule has 1 fully saturated rings. The molecule has 0 radical (unpaired) electrons. The minimum Gasteiger partial charge on any atom is -0.454 e. The van der Waals surface area contributed by atoms with E-state index >= 15 is 0 Å². The van der Waals surface area contributed by atoms with E-state index in [4.69, 9.17) is 21.1 Å². The Labute approximate surface area is 157 Å². The molecular weight excluding hydrogens is 352 g/mol. The summed E-state index contributed by atoms with van der Waals surface area (Å²) >= 11 is 6.18. The number of nitrogens with zero attached hydrogens (tertiary/aromatic N) is 1. The summed E-state index contributed by atoms with van der Waals surface area (Å²) in [6, 6.07) is 13.3. The predicted molar refractivity (Wildman–Crippen MR) is 99.9 cm³/mol. The van der Waals surface area contributed by atoms with E-state index in [2.05, 4.69) is 16.3 Å². The zero-order chi connectivity index (χ0) is 17.9. The van der Waals surface area contributed by atoms with Crippen molar-refractivity contribution in [1.29, 1.82) is 0 Å². The predicted octanol–water partition coefficient (Wildman–Crippen LogP) is 3.64. The Hall–Kier alpha value is -2.24. The van der Waals surface area contributed by atoms with Gasteiger partial charge < -0.3 is 14.8 Å². The minimum atomic E-state index is -0.154. The number of rotatable bonds is 5. The van der Waals surface area contributed by atoms with Crippen molar-refractivity contribution in [3.05, 3.63) is 58.6 Å². The quantitative estimate of drug-likeness (QED) is 0.870. The van der Waals surface area contributed by atoms with Gasteiger partial charge in [0.1, 0.15) is 0 Å². The molecule has 0 bridgehead atoms. The Morgan fingerprint density at radius 1 is 1.15 bits per heavy atom. The Bertz CT molecular complexity index is 805. The monoisotopic (exact) mass is 372 g/mol. The van der Waals surface area contributed by atoms with Crippen molar-refractivity contribution in [2.24, 2.45) is 0 Å². The largest absolute Gasteiger partial charge is 0.454 e. The van der Waals surface area contributed by atoms with Crippen LogP contribution in [0.1, 0.15) is 34.8 Å². The van der Waals surface area contributed by atoms with Crippen LogP contribution in [0.3, 0.4) is 0 Å². The Balaban J connectivity index is 1.51. The maximum absolute atomic E-state index is 12.7. The van der Waals surface area contributed by atoms with Gasteiger partial charge in [0.15, 0.2) is 11.5 Å². The third-order valence-electron chi connectivity index (χ3n) is 4.91. The van der Waals surface area contributed by atoms with Gasteiger partial charge in [-0.25, -0.2) is 0 Å². The molecule has 5 nitrogen and oxygen atoms in total. The van der Waals surface area contributed by atoms with Gasteiger partial charge in [0, 0.05) is 11.6 Å². The Kier molecular flexibility index (Phi) is 5.00. The highest BCUT2D eigenvalue weighted by molar-refractivity contribution is 6.30. The van der Waals surface area contributed by atoms with Crippen molar-refractivity contribution in [3.63, 3.8) is 0 Å². The van der Waals surface area contributed by atoms with Gasteiger partial charge in [-0.2, -0.15) is 0 Å². The van der Waals surface area contributed by atoms with E-state index in [1.807, 2.05) is 18.2 Å². The summed E-state index contributed by atoms with van der Waals surface area (Å²) in [4.78, 5) is 15.1. The van der Waals surface area contributed by atoms with Gasteiger partial charge in [0.05, 0.1) is 11.6 Å². The minimum absolute atomic E-state index is 0.106. The van der Waals surface area contributed by atoms with Crippen molar-refractivity contribution in [2.45, 2.75) is 18.9 Å². The third-order valence-corrected chi connectivity index (χ3v) is 5.15. The second-order valence-corrected chi connectivity index (χ2v) is 7.00. The fourth-order valence-electron chi connectivity index (χ4n) is 3.62. The van der Waals surface area contributed by atoms with Crippen LogP contribution in [0.4, 0.5) is 0 Å². The van der Waals surface area contributed by atoms with E-state index in [9.17, 15) is 4.79 Å². The summed E-state index contributed by atoms with van der Waals surface area (Å²) in [7, 11) is 0. The number of carbonyl (C=O) groups excluding carboxylic acids is 1. The fourth-order valence-corrected chi connectivity index (χ4v) is 3.82. The Morgan fingerprint density at radius 2 is 1.96 bits per heavy atom. The summed E-state index contributed by atoms with van der Waals surface area (Å²) in [6.07, 6.45) is 2.37. The van der Waals surface area contributed by atoms with Crippen molar-refractivity contribution in [3.8, 4) is 11.5 Å². The van der Waals surface area contributed by atoms with Crippen LogP contribution in [0, 0.1) is 0 Å². The first-order chi connectivity index (χ1) is 12.7. The highest BCUT2D eigenvalue weighted by Crippen LogP contribution is 2.35. The molecule has 0 aliphatic carbocycles. The van der Waals surface area contributed by atoms with Crippen LogP contribution in [0.5, 0.6) is 11.5 Å². The molecule has 1 saturated heterocycles. The number of likely N-dealkylation sites (tertiary alicyclic amines) is 1. The van der Waals surface area contributed by atoms with Crippen LogP contribution in [0.25, 0.3) is 0 Å². The van der Waals surface area contributed by atoms with E-state index in [1.165, 1.54) is 12.8 Å². The van der Waals surface area contributed by atoms with Gasteiger partial charge >= 0.3 is 0 Å². The summed E-state index contributed by atoms with van der Waals surface area (Å²) in [5.41, 5.74) is 1.63. The zero-order valence-corrected chi connectivity index (χ0v) is 15.2. The molecule has 1 N–H and O–H groups in total. The first-order valence-electron chi connectivity index (χ1n) is 8.89. The van der Waals surface area contributed by atoms with Gasteiger partial charge in [0.25, 0.3) is 5.91 Å². The number of hydrogen-bond donors (Lipinski definition) is 1. The second kappa shape index (κ2) is 7.56. The summed E-state index contributed by atoms with van der Waals surface area (Å²) in [6.45, 7) is 2.73. The number of halogens is 1. The molecule has 2 aliphatic heterocycles. The third kappa shape index (κ3) is 3.50. The molecule has 4 rings (SSSR count). The topological polar surface area (TPSA) is 50.8 Å². The maximum atomic E-state index is 12.7. The normalized spacial score (nSPS) is 17.3. The van der Waals surface area contributed by atoms with Crippen LogP contribution in [-0.2, 0) is 0 Å². The number of benzene rings is 2. The molecule has 0 aromatic heterocycles. The average molecular weight is 373 g/mol. The van der Waals surface area contributed by atoms with Gasteiger partial charge in [0.2, 0.25) is 6.79 Å². The van der Waals surface area contributed by atoms with E-state index < -0.39 is 0 Å². The Morgan fingerprint density at radius 3 is 2.77 bits per heavy atom. The molecule has 2 heterocycles. The molecule has 0 spiro atoms. The van der Waals surface area contributed by atoms with Crippen LogP contribution in [0.15, 0.2) is 42.5 Å². The maximum Gasteiger partial charge on any atom is 0.255 e. The molecule has 2 aliphatic rings. The molecule has 0 saturated carbocycles. The SMILES string of the molecule is O=C(NCC(c1cccc(Cl)c1)N1CCCC1)c1cccc2c1OCO2. The van der Waals surface area contributed by atoms with Crippen LogP contribution in [-0.4, -0.2) is 37.2 Å². The van der Waals surface area contributed by atoms with Gasteiger partial charge in [-0.05, 0) is 55.8 Å². The van der Waals surface area contributed by atoms with Crippen molar-refractivity contribution in [2.75, 3.05) is 26.4 Å². The molecule has 6 heteroatoms. The first kappa shape index (κ1) is 17.2. The number of carbonyl (C=O) groups is 1. The highest BCUT2D eigenvalue weighted by Gasteiger charge is 2.26. The lowest BCUT2D eigenvalue weighted by atomic mass is 10.1. The van der Waals surface area contributed by atoms with E-state index in [0.717, 1.165) is 18.7 Å². The molecule has 2 aromatic carbocycles. The van der Waals surface area contributed by atoms with Gasteiger partial charge in [-0.1, -0.05) is 29.8 Å². The first-order valence-corrected chi connectivity index (χ1v) is 9.26. The summed E-state index contributed by atoms with van der Waals surface area (Å²) < 4.78 is 10.8. The van der Waals surface area contributed by atoms with Crippen LogP contribution in [0.2, 0.25) is 5.02 Å². The molecule has 26 heavy (non-hydrogen) atoms. The molecule has 1 amide bonds. The number of amides is 1. The van der Waals surface area contributed by atoms with E-state index in [0.29, 0.717) is 28.6 Å². The molecular formula is C20H21ClN2O3. The smallest absolute Gasteiger partial charge is 0.255 e. The highest BCUT2D eigenvalue weighted by atomic mass is 35.5. The molecule has 2 aromatic rings. The lowest BCUT2D eigenvalue weighted by Gasteiger charge is -2.28. The lowest BCUT2D eigenvalue weighted by Crippen LogP contribution is -2.36. The molecule has 136 valence electrons. The summed E-state index contributed by atoms with van der Waals surface area (Å²) in [5.74, 6) is 0.979. The number of ether oxygens (including phenoxy) is 2. The fraction of sp³-hybridized carbons (Fsp3) is 0.350. The number of nitrogens with one attached hydrogen (secondary N) is 1. The van der Waals surface area contributed by atoms with Crippen molar-refractivity contribution in [1.82, 2.24) is 10.2 Å².